The fourth-order valence-electron chi connectivity index (χ4n) is 3.00. The molecule has 0 aliphatic carbocycles. The molecule has 1 unspecified atom stereocenters. The lowest BCUT2D eigenvalue weighted by molar-refractivity contribution is -0.139. The zero-order valence-corrected chi connectivity index (χ0v) is 20.2. The van der Waals surface area contributed by atoms with Gasteiger partial charge in [-0.25, -0.2) is 4.79 Å². The first-order chi connectivity index (χ1) is 14.2. The number of rotatable bonds is 8. The van der Waals surface area contributed by atoms with Crippen LogP contribution >= 0.6 is 28.1 Å². The number of thiocarbonyl (C=S) groups is 1. The highest BCUT2D eigenvalue weighted by Crippen LogP contribution is 2.40. The first-order valence-electron chi connectivity index (χ1n) is 9.71. The predicted molar refractivity (Wildman–Crippen MR) is 121 cm³/mol. The third-order valence-corrected chi connectivity index (χ3v) is 5.30. The van der Waals surface area contributed by atoms with Crippen molar-refractivity contribution >= 4 is 45.2 Å². The van der Waals surface area contributed by atoms with Crippen molar-refractivity contribution in [1.82, 2.24) is 10.6 Å². The van der Waals surface area contributed by atoms with E-state index in [9.17, 15) is 9.59 Å². The van der Waals surface area contributed by atoms with E-state index in [1.54, 1.807) is 26.0 Å². The fourth-order valence-corrected chi connectivity index (χ4v) is 3.81. The monoisotopic (exact) mass is 498 g/mol. The Balaban J connectivity index is 2.40. The summed E-state index contributed by atoms with van der Waals surface area (Å²) < 4.78 is 16.8. The van der Waals surface area contributed by atoms with Gasteiger partial charge in [0.2, 0.25) is 0 Å². The second-order valence-corrected chi connectivity index (χ2v) is 8.49. The maximum Gasteiger partial charge on any atom is 0.338 e. The lowest BCUT2D eigenvalue weighted by Crippen LogP contribution is -2.45. The summed E-state index contributed by atoms with van der Waals surface area (Å²) in [6.45, 7) is 7.87. The van der Waals surface area contributed by atoms with Gasteiger partial charge in [-0.15, -0.1) is 0 Å². The molecule has 2 N–H and O–H groups in total. The highest BCUT2D eigenvalue weighted by atomic mass is 79.9. The fraction of sp³-hybridized carbons (Fsp3) is 0.476. The molecule has 0 saturated carbocycles. The molecule has 1 aromatic rings. The van der Waals surface area contributed by atoms with E-state index in [1.165, 1.54) is 7.11 Å². The normalized spacial score (nSPS) is 16.1. The van der Waals surface area contributed by atoms with Gasteiger partial charge in [-0.3, -0.25) is 4.79 Å². The molecule has 0 bridgehead atoms. The summed E-state index contributed by atoms with van der Waals surface area (Å²) in [5.41, 5.74) is 1.73. The zero-order chi connectivity index (χ0) is 22.4. The highest BCUT2D eigenvalue weighted by molar-refractivity contribution is 9.10. The van der Waals surface area contributed by atoms with Crippen LogP contribution in [-0.4, -0.2) is 30.8 Å². The van der Waals surface area contributed by atoms with Gasteiger partial charge in [0, 0.05) is 12.1 Å². The number of hydrogen-bond donors (Lipinski definition) is 2. The minimum absolute atomic E-state index is 0.255. The topological polar surface area (TPSA) is 85.9 Å². The van der Waals surface area contributed by atoms with E-state index in [0.29, 0.717) is 50.3 Å². The van der Waals surface area contributed by atoms with Gasteiger partial charge in [-0.1, -0.05) is 13.8 Å². The maximum absolute atomic E-state index is 12.6. The van der Waals surface area contributed by atoms with Crippen LogP contribution in [0.4, 0.5) is 0 Å². The molecule has 1 aliphatic heterocycles. The molecule has 1 heterocycles. The Morgan fingerprint density at radius 1 is 1.30 bits per heavy atom. The molecular weight excluding hydrogens is 472 g/mol. The molecular formula is C21H27BrN2O5S. The SMILES string of the molecule is CCOC(=O)C1=C(C)NC(=S)NC1c1cc(Br)c(OC(=O)CCC(C)C)c(OC)c1. The van der Waals surface area contributed by atoms with Crippen LogP contribution in [-0.2, 0) is 14.3 Å². The van der Waals surface area contributed by atoms with Crippen LogP contribution in [0.1, 0.15) is 52.1 Å². The Hall–Kier alpha value is -2.13. The molecule has 0 spiro atoms. The molecule has 0 saturated heterocycles. The molecule has 9 heteroatoms. The molecule has 0 aromatic heterocycles. The van der Waals surface area contributed by atoms with Crippen LogP contribution in [0.2, 0.25) is 0 Å². The van der Waals surface area contributed by atoms with Crippen molar-refractivity contribution in [1.29, 1.82) is 0 Å². The summed E-state index contributed by atoms with van der Waals surface area (Å²) in [5, 5.41) is 6.45. The summed E-state index contributed by atoms with van der Waals surface area (Å²) in [6.07, 6.45) is 1.05. The van der Waals surface area contributed by atoms with Crippen LogP contribution in [0.5, 0.6) is 11.5 Å². The second kappa shape index (κ2) is 10.8. The smallest absolute Gasteiger partial charge is 0.338 e. The van der Waals surface area contributed by atoms with E-state index in [1.807, 2.05) is 13.8 Å². The number of esters is 2. The van der Waals surface area contributed by atoms with Gasteiger partial charge in [-0.05, 0) is 72.0 Å². The van der Waals surface area contributed by atoms with Gasteiger partial charge in [0.15, 0.2) is 16.6 Å². The quantitative estimate of drug-likeness (QED) is 0.314. The van der Waals surface area contributed by atoms with E-state index in [0.717, 1.165) is 6.42 Å². The molecule has 0 amide bonds. The summed E-state index contributed by atoms with van der Waals surface area (Å²) in [7, 11) is 1.49. The lowest BCUT2D eigenvalue weighted by Gasteiger charge is -2.30. The maximum atomic E-state index is 12.6. The Morgan fingerprint density at radius 3 is 2.60 bits per heavy atom. The van der Waals surface area contributed by atoms with Crippen molar-refractivity contribution in [3.05, 3.63) is 33.4 Å². The summed E-state index contributed by atoms with van der Waals surface area (Å²) in [5.74, 6) is 0.284. The average Bonchev–Trinajstić information content (AvgIpc) is 2.67. The molecule has 0 radical (unpaired) electrons. The minimum atomic E-state index is -0.548. The van der Waals surface area contributed by atoms with Crippen LogP contribution in [0.25, 0.3) is 0 Å². The van der Waals surface area contributed by atoms with E-state index < -0.39 is 12.0 Å². The van der Waals surface area contributed by atoms with E-state index in [4.69, 9.17) is 26.4 Å². The van der Waals surface area contributed by atoms with Crippen molar-refractivity contribution in [2.24, 2.45) is 5.92 Å². The Bertz CT molecular complexity index is 869. The van der Waals surface area contributed by atoms with Gasteiger partial charge in [0.25, 0.3) is 0 Å². The van der Waals surface area contributed by atoms with Crippen molar-refractivity contribution in [2.75, 3.05) is 13.7 Å². The van der Waals surface area contributed by atoms with Gasteiger partial charge < -0.3 is 24.8 Å². The number of ether oxygens (including phenoxy) is 3. The number of nitrogens with one attached hydrogen (secondary N) is 2. The molecule has 2 rings (SSSR count). The van der Waals surface area contributed by atoms with Crippen LogP contribution in [0.3, 0.4) is 0 Å². The minimum Gasteiger partial charge on any atom is -0.493 e. The molecule has 0 fully saturated rings. The van der Waals surface area contributed by atoms with Gasteiger partial charge in [-0.2, -0.15) is 0 Å². The number of hydrogen-bond acceptors (Lipinski definition) is 6. The Kier molecular flexibility index (Phi) is 8.66. The first kappa shape index (κ1) is 24.1. The van der Waals surface area contributed by atoms with Crippen molar-refractivity contribution in [3.8, 4) is 11.5 Å². The Labute approximate surface area is 190 Å². The molecule has 1 atom stereocenters. The van der Waals surface area contributed by atoms with Gasteiger partial charge in [0.1, 0.15) is 0 Å². The number of methoxy groups -OCH3 is 1. The number of carbonyl (C=O) groups excluding carboxylic acids is 2. The summed E-state index contributed by atoms with van der Waals surface area (Å²) in [6, 6.07) is 2.94. The lowest BCUT2D eigenvalue weighted by atomic mass is 9.95. The Morgan fingerprint density at radius 2 is 2.00 bits per heavy atom. The van der Waals surface area contributed by atoms with Gasteiger partial charge in [0.05, 0.1) is 29.8 Å². The van der Waals surface area contributed by atoms with Crippen molar-refractivity contribution < 1.29 is 23.8 Å². The number of benzene rings is 1. The van der Waals surface area contributed by atoms with Crippen molar-refractivity contribution in [3.63, 3.8) is 0 Å². The first-order valence-corrected chi connectivity index (χ1v) is 10.9. The van der Waals surface area contributed by atoms with Crippen LogP contribution < -0.4 is 20.1 Å². The van der Waals surface area contributed by atoms with Crippen molar-refractivity contribution in [2.45, 2.75) is 46.6 Å². The van der Waals surface area contributed by atoms with Gasteiger partial charge >= 0.3 is 11.9 Å². The predicted octanol–water partition coefficient (Wildman–Crippen LogP) is 4.16. The second-order valence-electron chi connectivity index (χ2n) is 7.23. The van der Waals surface area contributed by atoms with E-state index in [-0.39, 0.29) is 12.6 Å². The molecule has 1 aromatic carbocycles. The molecule has 1 aliphatic rings. The molecule has 7 nitrogen and oxygen atoms in total. The van der Waals surface area contributed by atoms with Crippen LogP contribution in [0, 0.1) is 5.92 Å². The third kappa shape index (κ3) is 5.95. The zero-order valence-electron chi connectivity index (χ0n) is 17.8. The largest absolute Gasteiger partial charge is 0.493 e. The summed E-state index contributed by atoms with van der Waals surface area (Å²) >= 11 is 8.74. The van der Waals surface area contributed by atoms with Crippen LogP contribution in [0.15, 0.2) is 27.9 Å². The van der Waals surface area contributed by atoms with E-state index >= 15 is 0 Å². The van der Waals surface area contributed by atoms with E-state index in [2.05, 4.69) is 26.6 Å². The number of halogens is 1. The number of carbonyl (C=O) groups is 2. The molecule has 164 valence electrons. The number of allylic oxidation sites excluding steroid dienone is 1. The standard InChI is InChI=1S/C21H27BrN2O5S/c1-6-28-20(26)17-12(4)23-21(30)24-18(17)13-9-14(22)19(15(10-13)27-5)29-16(25)8-7-11(2)3/h9-11,18H,6-8H2,1-5H3,(H2,23,24,30). The third-order valence-electron chi connectivity index (χ3n) is 4.49. The summed E-state index contributed by atoms with van der Waals surface area (Å²) in [4.78, 5) is 24.8. The average molecular weight is 499 g/mol. The highest BCUT2D eigenvalue weighted by Gasteiger charge is 2.32. The molecule has 30 heavy (non-hydrogen) atoms.